The van der Waals surface area contributed by atoms with E-state index >= 15 is 0 Å². The van der Waals surface area contributed by atoms with E-state index in [-0.39, 0.29) is 23.3 Å². The molecule has 2 atom stereocenters. The van der Waals surface area contributed by atoms with Gasteiger partial charge in [0.25, 0.3) is 0 Å². The van der Waals surface area contributed by atoms with E-state index in [4.69, 9.17) is 0 Å². The highest BCUT2D eigenvalue weighted by Crippen LogP contribution is 2.23. The number of carbonyl (C=O) groups is 2. The fourth-order valence-electron chi connectivity index (χ4n) is 1.45. The Hall–Kier alpha value is -0.710. The molecule has 17 heavy (non-hydrogen) atoms. The molecule has 2 amide bonds. The molecule has 0 aliphatic heterocycles. The molecule has 0 aliphatic carbocycles. The molecule has 0 aromatic rings. The Morgan fingerprint density at radius 3 is 2.12 bits per heavy atom. The van der Waals surface area contributed by atoms with Gasteiger partial charge in [-0.25, -0.2) is 0 Å². The second-order valence-electron chi connectivity index (χ2n) is 5.43. The molecule has 0 aliphatic rings. The van der Waals surface area contributed by atoms with Crippen molar-refractivity contribution in [2.45, 2.75) is 46.7 Å². The maximum Gasteiger partial charge on any atom is 0.245 e. The largest absolute Gasteiger partial charge is 0.344 e. The standard InChI is InChI=1S/C12H24N2O2S/c1-8(12(3,4)5)14(6)11(16)10(7-17)13-9(2)15/h8,10,17H,7H2,1-6H3,(H,13,15). The maximum atomic E-state index is 12.2. The lowest BCUT2D eigenvalue weighted by molar-refractivity contribution is -0.137. The van der Waals surface area contributed by atoms with Gasteiger partial charge in [0.05, 0.1) is 0 Å². The molecule has 4 nitrogen and oxygen atoms in total. The van der Waals surface area contributed by atoms with E-state index < -0.39 is 6.04 Å². The number of amides is 2. The van der Waals surface area contributed by atoms with Crippen LogP contribution in [0.5, 0.6) is 0 Å². The molecule has 0 fully saturated rings. The van der Waals surface area contributed by atoms with E-state index in [0.717, 1.165) is 0 Å². The van der Waals surface area contributed by atoms with Crippen LogP contribution in [0.1, 0.15) is 34.6 Å². The van der Waals surface area contributed by atoms with Crippen molar-refractivity contribution in [2.75, 3.05) is 12.8 Å². The fraction of sp³-hybridized carbons (Fsp3) is 0.833. The summed E-state index contributed by atoms with van der Waals surface area (Å²) in [6, 6.07) is -0.461. The number of carbonyl (C=O) groups excluding carboxylic acids is 2. The van der Waals surface area contributed by atoms with Crippen LogP contribution in [0.2, 0.25) is 0 Å². The van der Waals surface area contributed by atoms with E-state index in [0.29, 0.717) is 5.75 Å². The van der Waals surface area contributed by atoms with Crippen LogP contribution in [-0.2, 0) is 9.59 Å². The summed E-state index contributed by atoms with van der Waals surface area (Å²) >= 11 is 4.10. The van der Waals surface area contributed by atoms with Crippen molar-refractivity contribution in [1.82, 2.24) is 10.2 Å². The van der Waals surface area contributed by atoms with E-state index in [1.807, 2.05) is 6.92 Å². The van der Waals surface area contributed by atoms with E-state index in [1.165, 1.54) is 6.92 Å². The average molecular weight is 260 g/mol. The summed E-state index contributed by atoms with van der Waals surface area (Å²) < 4.78 is 0. The number of thiol groups is 1. The molecule has 2 unspecified atom stereocenters. The molecule has 0 rings (SSSR count). The Kier molecular flexibility index (Phi) is 6.02. The summed E-state index contributed by atoms with van der Waals surface area (Å²) in [6.45, 7) is 9.64. The molecule has 0 spiro atoms. The lowest BCUT2D eigenvalue weighted by Gasteiger charge is -2.37. The second kappa shape index (κ2) is 6.28. The molecule has 0 heterocycles. The van der Waals surface area contributed by atoms with Gasteiger partial charge in [0.2, 0.25) is 11.8 Å². The van der Waals surface area contributed by atoms with Crippen molar-refractivity contribution in [3.05, 3.63) is 0 Å². The number of rotatable bonds is 4. The van der Waals surface area contributed by atoms with Gasteiger partial charge in [0, 0.05) is 25.8 Å². The zero-order valence-corrected chi connectivity index (χ0v) is 12.5. The quantitative estimate of drug-likeness (QED) is 0.749. The molecule has 0 saturated heterocycles. The van der Waals surface area contributed by atoms with Crippen molar-refractivity contribution in [2.24, 2.45) is 5.41 Å². The SMILES string of the molecule is CC(=O)NC(CS)C(=O)N(C)C(C)C(C)(C)C. The van der Waals surface area contributed by atoms with Gasteiger partial charge in [-0.3, -0.25) is 9.59 Å². The molecular formula is C12H24N2O2S. The normalized spacial score (nSPS) is 15.0. The zero-order valence-electron chi connectivity index (χ0n) is 11.6. The average Bonchev–Trinajstić information content (AvgIpc) is 2.21. The van der Waals surface area contributed by atoms with Crippen LogP contribution in [0.25, 0.3) is 0 Å². The smallest absolute Gasteiger partial charge is 0.245 e. The molecule has 0 aromatic carbocycles. The Morgan fingerprint density at radius 2 is 1.82 bits per heavy atom. The van der Waals surface area contributed by atoms with Crippen molar-refractivity contribution >= 4 is 24.4 Å². The van der Waals surface area contributed by atoms with Crippen LogP contribution in [0, 0.1) is 5.41 Å². The number of hydrogen-bond donors (Lipinski definition) is 2. The predicted octanol–water partition coefficient (Wildman–Crippen LogP) is 1.31. The third kappa shape index (κ3) is 4.98. The number of nitrogens with one attached hydrogen (secondary N) is 1. The minimum Gasteiger partial charge on any atom is -0.344 e. The van der Waals surface area contributed by atoms with Gasteiger partial charge in [0.15, 0.2) is 0 Å². The first-order valence-electron chi connectivity index (χ1n) is 5.76. The van der Waals surface area contributed by atoms with E-state index in [9.17, 15) is 9.59 Å². The molecule has 0 aromatic heterocycles. The van der Waals surface area contributed by atoms with Crippen molar-refractivity contribution < 1.29 is 9.59 Å². The summed E-state index contributed by atoms with van der Waals surface area (Å²) in [5.41, 5.74) is 0.00177. The highest BCUT2D eigenvalue weighted by atomic mass is 32.1. The molecule has 5 heteroatoms. The van der Waals surface area contributed by atoms with Crippen LogP contribution in [-0.4, -0.2) is 41.6 Å². The number of likely N-dealkylation sites (N-methyl/N-ethyl adjacent to an activating group) is 1. The number of hydrogen-bond acceptors (Lipinski definition) is 3. The van der Waals surface area contributed by atoms with Crippen LogP contribution in [0.15, 0.2) is 0 Å². The second-order valence-corrected chi connectivity index (χ2v) is 5.79. The maximum absolute atomic E-state index is 12.2. The summed E-state index contributed by atoms with van der Waals surface area (Å²) in [5.74, 6) is -0.00794. The summed E-state index contributed by atoms with van der Waals surface area (Å²) in [5, 5.41) is 2.61. The Bertz CT molecular complexity index is 287. The monoisotopic (exact) mass is 260 g/mol. The number of nitrogens with zero attached hydrogens (tertiary/aromatic N) is 1. The predicted molar refractivity (Wildman–Crippen MR) is 73.1 cm³/mol. The molecule has 0 bridgehead atoms. The third-order valence-corrected chi connectivity index (χ3v) is 3.41. The van der Waals surface area contributed by atoms with Crippen LogP contribution >= 0.6 is 12.6 Å². The van der Waals surface area contributed by atoms with Gasteiger partial charge in [-0.1, -0.05) is 20.8 Å². The van der Waals surface area contributed by atoms with E-state index in [2.05, 4.69) is 38.7 Å². The highest BCUT2D eigenvalue weighted by Gasteiger charge is 2.30. The first-order valence-corrected chi connectivity index (χ1v) is 6.39. The Morgan fingerprint density at radius 1 is 1.35 bits per heavy atom. The van der Waals surface area contributed by atoms with Gasteiger partial charge < -0.3 is 10.2 Å². The fourth-order valence-corrected chi connectivity index (χ4v) is 1.70. The van der Waals surface area contributed by atoms with Crippen molar-refractivity contribution in [1.29, 1.82) is 0 Å². The van der Waals surface area contributed by atoms with Gasteiger partial charge in [-0.05, 0) is 12.3 Å². The highest BCUT2D eigenvalue weighted by molar-refractivity contribution is 7.80. The first kappa shape index (κ1) is 16.3. The lowest BCUT2D eigenvalue weighted by atomic mass is 9.87. The molecule has 100 valence electrons. The Balaban J connectivity index is 4.72. The molecule has 0 saturated carbocycles. The molecule has 0 radical (unpaired) electrons. The summed E-state index contributed by atoms with van der Waals surface area (Å²) in [7, 11) is 1.76. The van der Waals surface area contributed by atoms with Crippen LogP contribution in [0.3, 0.4) is 0 Å². The zero-order chi connectivity index (χ0) is 13.8. The van der Waals surface area contributed by atoms with Gasteiger partial charge in [-0.2, -0.15) is 12.6 Å². The van der Waals surface area contributed by atoms with Gasteiger partial charge in [0.1, 0.15) is 6.04 Å². The minimum atomic E-state index is -0.550. The summed E-state index contributed by atoms with van der Waals surface area (Å²) in [6.07, 6.45) is 0. The van der Waals surface area contributed by atoms with Crippen molar-refractivity contribution in [3.8, 4) is 0 Å². The van der Waals surface area contributed by atoms with E-state index in [1.54, 1.807) is 11.9 Å². The van der Waals surface area contributed by atoms with Gasteiger partial charge in [-0.15, -0.1) is 0 Å². The van der Waals surface area contributed by atoms with Crippen LogP contribution in [0.4, 0.5) is 0 Å². The Labute approximate surface area is 110 Å². The topological polar surface area (TPSA) is 49.4 Å². The minimum absolute atomic E-state index is 0.00177. The third-order valence-electron chi connectivity index (χ3n) is 3.04. The molecule has 1 N–H and O–H groups in total. The van der Waals surface area contributed by atoms with Crippen molar-refractivity contribution in [3.63, 3.8) is 0 Å². The first-order chi connectivity index (χ1) is 7.61. The van der Waals surface area contributed by atoms with Crippen LogP contribution < -0.4 is 5.32 Å². The molecular weight excluding hydrogens is 236 g/mol. The summed E-state index contributed by atoms with van der Waals surface area (Å²) in [4.78, 5) is 24.8. The van der Waals surface area contributed by atoms with Gasteiger partial charge >= 0.3 is 0 Å². The lowest BCUT2D eigenvalue weighted by Crippen LogP contribution is -2.52.